The van der Waals surface area contributed by atoms with Crippen molar-refractivity contribution < 1.29 is 14.3 Å². The second-order valence-electron chi connectivity index (χ2n) is 5.14. The summed E-state index contributed by atoms with van der Waals surface area (Å²) < 4.78 is 5.04. The molecule has 0 aliphatic carbocycles. The molecular weight excluding hydrogens is 302 g/mol. The van der Waals surface area contributed by atoms with Gasteiger partial charge in [-0.15, -0.1) is 0 Å². The molecule has 1 aromatic rings. The van der Waals surface area contributed by atoms with Crippen molar-refractivity contribution >= 4 is 23.6 Å². The molecule has 1 amide bonds. The summed E-state index contributed by atoms with van der Waals surface area (Å²) in [5.41, 5.74) is 0. The van der Waals surface area contributed by atoms with Gasteiger partial charge in [-0.2, -0.15) is 0 Å². The number of likely N-dealkylation sites (tertiary alicyclic amines) is 1. The van der Waals surface area contributed by atoms with Crippen LogP contribution in [0, 0.1) is 5.92 Å². The molecule has 1 fully saturated rings. The topological polar surface area (TPSA) is 72.4 Å². The third-order valence-electron chi connectivity index (χ3n) is 3.60. The molecule has 22 heavy (non-hydrogen) atoms. The highest BCUT2D eigenvalue weighted by molar-refractivity contribution is 8.00. The number of hydrogen-bond donors (Lipinski definition) is 0. The standard InChI is InChI=1S/C15H21N3O3S/c1-3-21-14(20)12-5-9-18(10-6-12)13(19)11(2)22-15-16-7-4-8-17-15/h4,7-8,11-12H,3,5-6,9-10H2,1-2H3. The maximum atomic E-state index is 12.4. The van der Waals surface area contributed by atoms with Crippen molar-refractivity contribution in [2.24, 2.45) is 5.92 Å². The van der Waals surface area contributed by atoms with Crippen LogP contribution in [0.5, 0.6) is 0 Å². The molecule has 2 heterocycles. The Morgan fingerprint density at radius 2 is 2.00 bits per heavy atom. The average Bonchev–Trinajstić information content (AvgIpc) is 2.55. The first kappa shape index (κ1) is 16.7. The number of ether oxygens (including phenoxy) is 1. The van der Waals surface area contributed by atoms with Crippen LogP contribution in [0.15, 0.2) is 23.6 Å². The molecule has 1 saturated heterocycles. The van der Waals surface area contributed by atoms with Crippen LogP contribution in [-0.4, -0.2) is 51.7 Å². The van der Waals surface area contributed by atoms with Gasteiger partial charge in [-0.05, 0) is 32.8 Å². The van der Waals surface area contributed by atoms with E-state index in [0.717, 1.165) is 0 Å². The number of carbonyl (C=O) groups is 2. The fraction of sp³-hybridized carbons (Fsp3) is 0.600. The molecule has 1 aromatic heterocycles. The summed E-state index contributed by atoms with van der Waals surface area (Å²) >= 11 is 1.36. The van der Waals surface area contributed by atoms with Crippen LogP contribution in [0.2, 0.25) is 0 Å². The molecule has 0 aromatic carbocycles. The van der Waals surface area contributed by atoms with E-state index in [-0.39, 0.29) is 23.0 Å². The first-order chi connectivity index (χ1) is 10.6. The van der Waals surface area contributed by atoms with E-state index >= 15 is 0 Å². The van der Waals surface area contributed by atoms with Gasteiger partial charge >= 0.3 is 5.97 Å². The van der Waals surface area contributed by atoms with Crippen LogP contribution in [-0.2, 0) is 14.3 Å². The zero-order valence-electron chi connectivity index (χ0n) is 12.9. The largest absolute Gasteiger partial charge is 0.466 e. The summed E-state index contributed by atoms with van der Waals surface area (Å²) in [4.78, 5) is 34.2. The molecule has 7 heteroatoms. The van der Waals surface area contributed by atoms with Gasteiger partial charge in [0.15, 0.2) is 5.16 Å². The highest BCUT2D eigenvalue weighted by Crippen LogP contribution is 2.24. The fourth-order valence-electron chi connectivity index (χ4n) is 2.41. The fourth-order valence-corrected chi connectivity index (χ4v) is 3.22. The SMILES string of the molecule is CCOC(=O)C1CCN(C(=O)C(C)Sc2ncccn2)CC1. The molecule has 2 rings (SSSR count). The Balaban J connectivity index is 1.83. The molecule has 0 spiro atoms. The van der Waals surface area contributed by atoms with Crippen molar-refractivity contribution in [3.8, 4) is 0 Å². The Bertz CT molecular complexity index is 504. The van der Waals surface area contributed by atoms with Gasteiger partial charge in [-0.1, -0.05) is 11.8 Å². The Labute approximate surface area is 134 Å². The van der Waals surface area contributed by atoms with Crippen LogP contribution in [0.3, 0.4) is 0 Å². The van der Waals surface area contributed by atoms with E-state index in [1.807, 2.05) is 11.8 Å². The molecular formula is C15H21N3O3S. The van der Waals surface area contributed by atoms with E-state index in [0.29, 0.717) is 37.7 Å². The number of esters is 1. The Kier molecular flexibility index (Phi) is 6.18. The minimum Gasteiger partial charge on any atom is -0.466 e. The Morgan fingerprint density at radius 1 is 1.36 bits per heavy atom. The first-order valence-electron chi connectivity index (χ1n) is 7.51. The van der Waals surface area contributed by atoms with Gasteiger partial charge in [0, 0.05) is 25.5 Å². The molecule has 1 aliphatic heterocycles. The summed E-state index contributed by atoms with van der Waals surface area (Å²) in [6.07, 6.45) is 4.67. The lowest BCUT2D eigenvalue weighted by atomic mass is 9.97. The molecule has 1 aliphatic rings. The van der Waals surface area contributed by atoms with Gasteiger partial charge in [0.25, 0.3) is 0 Å². The minimum atomic E-state index is -0.235. The second kappa shape index (κ2) is 8.12. The van der Waals surface area contributed by atoms with Gasteiger partial charge in [0.1, 0.15) is 0 Å². The maximum absolute atomic E-state index is 12.4. The maximum Gasteiger partial charge on any atom is 0.309 e. The minimum absolute atomic E-state index is 0.0692. The summed E-state index contributed by atoms with van der Waals surface area (Å²) in [5.74, 6) is -0.154. The highest BCUT2D eigenvalue weighted by Gasteiger charge is 2.30. The molecule has 0 radical (unpaired) electrons. The van der Waals surface area contributed by atoms with Crippen molar-refractivity contribution in [3.63, 3.8) is 0 Å². The summed E-state index contributed by atoms with van der Waals surface area (Å²) in [5, 5.41) is 0.367. The number of hydrogen-bond acceptors (Lipinski definition) is 6. The number of amides is 1. The van der Waals surface area contributed by atoms with Crippen LogP contribution in [0.1, 0.15) is 26.7 Å². The van der Waals surface area contributed by atoms with Gasteiger partial charge in [0.05, 0.1) is 17.8 Å². The molecule has 0 saturated carbocycles. The number of rotatable bonds is 5. The summed E-state index contributed by atoms with van der Waals surface area (Å²) in [7, 11) is 0. The Morgan fingerprint density at radius 3 is 2.59 bits per heavy atom. The van der Waals surface area contributed by atoms with Gasteiger partial charge < -0.3 is 9.64 Å². The van der Waals surface area contributed by atoms with Crippen LogP contribution < -0.4 is 0 Å². The third-order valence-corrected chi connectivity index (χ3v) is 4.58. The van der Waals surface area contributed by atoms with E-state index in [9.17, 15) is 9.59 Å². The van der Waals surface area contributed by atoms with Gasteiger partial charge in [-0.25, -0.2) is 9.97 Å². The molecule has 0 N–H and O–H groups in total. The Hall–Kier alpha value is -1.63. The predicted molar refractivity (Wildman–Crippen MR) is 83.3 cm³/mol. The molecule has 1 unspecified atom stereocenters. The molecule has 120 valence electrons. The number of nitrogens with zero attached hydrogens (tertiary/aromatic N) is 3. The summed E-state index contributed by atoms with van der Waals surface area (Å²) in [6, 6.07) is 1.75. The monoisotopic (exact) mass is 323 g/mol. The smallest absolute Gasteiger partial charge is 0.309 e. The first-order valence-corrected chi connectivity index (χ1v) is 8.39. The number of carbonyl (C=O) groups excluding carboxylic acids is 2. The lowest BCUT2D eigenvalue weighted by Crippen LogP contribution is -2.43. The van der Waals surface area contributed by atoms with E-state index in [1.165, 1.54) is 11.8 Å². The van der Waals surface area contributed by atoms with Gasteiger partial charge in [0.2, 0.25) is 5.91 Å². The van der Waals surface area contributed by atoms with Crippen LogP contribution in [0.4, 0.5) is 0 Å². The normalized spacial score (nSPS) is 17.1. The number of thioether (sulfide) groups is 1. The zero-order valence-corrected chi connectivity index (χ0v) is 13.7. The molecule has 1 atom stereocenters. The quantitative estimate of drug-likeness (QED) is 0.467. The lowest BCUT2D eigenvalue weighted by molar-refractivity contribution is -0.151. The number of aromatic nitrogens is 2. The van der Waals surface area contributed by atoms with Crippen molar-refractivity contribution in [1.82, 2.24) is 14.9 Å². The van der Waals surface area contributed by atoms with Crippen molar-refractivity contribution in [3.05, 3.63) is 18.5 Å². The van der Waals surface area contributed by atoms with Crippen molar-refractivity contribution in [2.75, 3.05) is 19.7 Å². The van der Waals surface area contributed by atoms with Crippen LogP contribution >= 0.6 is 11.8 Å². The van der Waals surface area contributed by atoms with Crippen molar-refractivity contribution in [1.29, 1.82) is 0 Å². The molecule has 6 nitrogen and oxygen atoms in total. The third kappa shape index (κ3) is 4.43. The predicted octanol–water partition coefficient (Wildman–Crippen LogP) is 1.76. The number of piperidine rings is 1. The van der Waals surface area contributed by atoms with E-state index in [4.69, 9.17) is 4.74 Å². The lowest BCUT2D eigenvalue weighted by Gasteiger charge is -2.32. The summed E-state index contributed by atoms with van der Waals surface area (Å²) in [6.45, 7) is 5.27. The van der Waals surface area contributed by atoms with E-state index in [1.54, 1.807) is 25.4 Å². The van der Waals surface area contributed by atoms with Crippen LogP contribution in [0.25, 0.3) is 0 Å². The molecule has 0 bridgehead atoms. The zero-order chi connectivity index (χ0) is 15.9. The second-order valence-corrected chi connectivity index (χ2v) is 6.45. The van der Waals surface area contributed by atoms with E-state index in [2.05, 4.69) is 9.97 Å². The van der Waals surface area contributed by atoms with Crippen molar-refractivity contribution in [2.45, 2.75) is 37.1 Å². The average molecular weight is 323 g/mol. The highest BCUT2D eigenvalue weighted by atomic mass is 32.2. The van der Waals surface area contributed by atoms with Gasteiger partial charge in [-0.3, -0.25) is 9.59 Å². The van der Waals surface area contributed by atoms with E-state index < -0.39 is 0 Å².